The van der Waals surface area contributed by atoms with Gasteiger partial charge in [-0.05, 0) is 6.92 Å². The maximum absolute atomic E-state index is 11.3. The SMILES string of the molecule is C[C@@H]1OC(CO)[C@@H](O[C@@H]2OC(CO)[C@@H](O[C@@H]3OC(CO)[C@@H](O)C(O[C@H]4O[C@H](CO)[C@@H](O)C(O)C4O)C3O)C(O)[C@@H]2C)C(O)[C@@H]1C. The topological polar surface area (TPSA) is 287 Å². The second-order valence-electron chi connectivity index (χ2n) is 12.2. The van der Waals surface area contributed by atoms with Crippen LogP contribution in [0.1, 0.15) is 20.8 Å². The van der Waals surface area contributed by atoms with Crippen LogP contribution in [0, 0.1) is 11.8 Å². The van der Waals surface area contributed by atoms with Crippen LogP contribution in [0.25, 0.3) is 0 Å². The first-order chi connectivity index (χ1) is 21.3. The fourth-order valence-electron chi connectivity index (χ4n) is 6.08. The van der Waals surface area contributed by atoms with E-state index in [2.05, 4.69) is 0 Å². The molecule has 9 unspecified atom stereocenters. The first-order valence-corrected chi connectivity index (χ1v) is 15.1. The Bertz CT molecular complexity index is 911. The molecule has 264 valence electrons. The van der Waals surface area contributed by atoms with Crippen molar-refractivity contribution in [1.82, 2.24) is 0 Å². The average molecular weight is 661 g/mol. The van der Waals surface area contributed by atoms with Crippen LogP contribution in [-0.4, -0.2) is 193 Å². The molecule has 4 rings (SSSR count). The van der Waals surface area contributed by atoms with E-state index in [1.54, 1.807) is 20.8 Å². The molecule has 0 bridgehead atoms. The highest BCUT2D eigenvalue weighted by molar-refractivity contribution is 4.97. The van der Waals surface area contributed by atoms with Gasteiger partial charge in [0, 0.05) is 11.8 Å². The van der Waals surface area contributed by atoms with E-state index >= 15 is 0 Å². The number of rotatable bonds is 10. The number of aliphatic hydroxyl groups excluding tert-OH is 11. The number of hydrogen-bond donors (Lipinski definition) is 11. The van der Waals surface area contributed by atoms with E-state index in [0.29, 0.717) is 0 Å². The quantitative estimate of drug-likeness (QED) is 0.104. The zero-order valence-corrected chi connectivity index (χ0v) is 25.2. The van der Waals surface area contributed by atoms with Gasteiger partial charge in [0.2, 0.25) is 0 Å². The zero-order valence-electron chi connectivity index (χ0n) is 25.2. The lowest BCUT2D eigenvalue weighted by molar-refractivity contribution is -0.382. The van der Waals surface area contributed by atoms with Crippen molar-refractivity contribution in [3.05, 3.63) is 0 Å². The maximum atomic E-state index is 11.3. The molecule has 0 aromatic rings. The van der Waals surface area contributed by atoms with Crippen LogP contribution in [0.15, 0.2) is 0 Å². The third-order valence-corrected chi connectivity index (χ3v) is 9.26. The lowest BCUT2D eigenvalue weighted by Gasteiger charge is -2.49. The summed E-state index contributed by atoms with van der Waals surface area (Å²) in [5.41, 5.74) is 0. The summed E-state index contributed by atoms with van der Waals surface area (Å²) in [5, 5.41) is 114. The van der Waals surface area contributed by atoms with Gasteiger partial charge in [-0.1, -0.05) is 13.8 Å². The van der Waals surface area contributed by atoms with Crippen molar-refractivity contribution in [2.24, 2.45) is 11.8 Å². The van der Waals surface area contributed by atoms with Gasteiger partial charge in [-0.15, -0.1) is 0 Å². The second-order valence-corrected chi connectivity index (χ2v) is 12.2. The van der Waals surface area contributed by atoms with Crippen molar-refractivity contribution in [2.75, 3.05) is 26.4 Å². The maximum Gasteiger partial charge on any atom is 0.187 e. The summed E-state index contributed by atoms with van der Waals surface area (Å²) in [4.78, 5) is 0. The van der Waals surface area contributed by atoms with Crippen molar-refractivity contribution in [2.45, 2.75) is 131 Å². The molecule has 4 fully saturated rings. The standard InChI is InChI=1S/C27H48O18/c1-8-10(3)39-13(6-30)22(15(8)32)43-25-9(2)16(33)23(14(7-31)42-25)44-27-21(38)24(18(35)12(5-29)41-27)45-26-20(37)19(36)17(34)11(4-28)40-26/h8-38H,4-7H2,1-3H3/t8-,9+,10+,11-,12?,13?,14?,15?,16?,17-,18-,19?,20?,21?,22-,23-,24?,25+,26-,27+/m1/s1. The highest BCUT2D eigenvalue weighted by atomic mass is 16.8. The molecule has 0 radical (unpaired) electrons. The molecule has 4 aliphatic rings. The van der Waals surface area contributed by atoms with E-state index in [9.17, 15) is 56.2 Å². The molecule has 0 saturated carbocycles. The third-order valence-electron chi connectivity index (χ3n) is 9.26. The predicted molar refractivity (Wildman–Crippen MR) is 144 cm³/mol. The Morgan fingerprint density at radius 1 is 0.400 bits per heavy atom. The van der Waals surface area contributed by atoms with Gasteiger partial charge < -0.3 is 89.3 Å². The highest BCUT2D eigenvalue weighted by Crippen LogP contribution is 2.36. The Morgan fingerprint density at radius 2 is 0.822 bits per heavy atom. The molecule has 20 atom stereocenters. The van der Waals surface area contributed by atoms with Gasteiger partial charge in [-0.3, -0.25) is 0 Å². The molecule has 45 heavy (non-hydrogen) atoms. The monoisotopic (exact) mass is 660 g/mol. The number of hydrogen-bond acceptors (Lipinski definition) is 18. The molecule has 0 spiro atoms. The Balaban J connectivity index is 1.48. The molecule has 4 heterocycles. The summed E-state index contributed by atoms with van der Waals surface area (Å²) < 4.78 is 39.9. The van der Waals surface area contributed by atoms with E-state index in [-0.39, 0.29) is 12.0 Å². The summed E-state index contributed by atoms with van der Waals surface area (Å²) in [5.74, 6) is -1.23. The van der Waals surface area contributed by atoms with Gasteiger partial charge in [0.05, 0.1) is 44.7 Å². The first kappa shape index (κ1) is 37.1. The van der Waals surface area contributed by atoms with Gasteiger partial charge in [0.25, 0.3) is 0 Å². The van der Waals surface area contributed by atoms with E-state index in [1.807, 2.05) is 0 Å². The van der Waals surface area contributed by atoms with Crippen LogP contribution in [-0.2, 0) is 33.2 Å². The molecule has 0 aliphatic carbocycles. The van der Waals surface area contributed by atoms with Gasteiger partial charge in [0.15, 0.2) is 18.9 Å². The molecular formula is C27H48O18. The molecule has 0 aromatic heterocycles. The van der Waals surface area contributed by atoms with Crippen LogP contribution in [0.4, 0.5) is 0 Å². The lowest BCUT2D eigenvalue weighted by atomic mass is 9.88. The third kappa shape index (κ3) is 7.48. The van der Waals surface area contributed by atoms with Crippen molar-refractivity contribution in [3.63, 3.8) is 0 Å². The van der Waals surface area contributed by atoms with Crippen molar-refractivity contribution in [3.8, 4) is 0 Å². The molecule has 4 saturated heterocycles. The van der Waals surface area contributed by atoms with E-state index in [1.165, 1.54) is 0 Å². The summed E-state index contributed by atoms with van der Waals surface area (Å²) in [7, 11) is 0. The van der Waals surface area contributed by atoms with E-state index in [0.717, 1.165) is 0 Å². The van der Waals surface area contributed by atoms with Gasteiger partial charge in [0.1, 0.15) is 73.2 Å². The fraction of sp³-hybridized carbons (Fsp3) is 1.00. The predicted octanol–water partition coefficient (Wildman–Crippen LogP) is -6.13. The number of ether oxygens (including phenoxy) is 7. The normalized spacial score (nSPS) is 52.9. The van der Waals surface area contributed by atoms with Crippen LogP contribution >= 0.6 is 0 Å². The summed E-state index contributed by atoms with van der Waals surface area (Å²) >= 11 is 0. The minimum atomic E-state index is -1.88. The van der Waals surface area contributed by atoms with Gasteiger partial charge in [-0.2, -0.15) is 0 Å². The minimum absolute atomic E-state index is 0.357. The Labute approximate surface area is 259 Å². The Hall–Kier alpha value is -0.720. The fourth-order valence-corrected chi connectivity index (χ4v) is 6.08. The summed E-state index contributed by atoms with van der Waals surface area (Å²) in [6, 6.07) is 0. The van der Waals surface area contributed by atoms with Crippen molar-refractivity contribution >= 4 is 0 Å². The average Bonchev–Trinajstić information content (AvgIpc) is 3.03. The smallest absolute Gasteiger partial charge is 0.187 e. The van der Waals surface area contributed by atoms with Crippen LogP contribution in [0.3, 0.4) is 0 Å². The highest BCUT2D eigenvalue weighted by Gasteiger charge is 2.54. The second kappa shape index (κ2) is 15.7. The number of aliphatic hydroxyl groups is 11. The lowest BCUT2D eigenvalue weighted by Crippen LogP contribution is -2.66. The van der Waals surface area contributed by atoms with Crippen molar-refractivity contribution in [1.29, 1.82) is 0 Å². The largest absolute Gasteiger partial charge is 0.394 e. The molecule has 18 nitrogen and oxygen atoms in total. The Morgan fingerprint density at radius 3 is 1.38 bits per heavy atom. The van der Waals surface area contributed by atoms with Crippen molar-refractivity contribution < 1.29 is 89.3 Å². The van der Waals surface area contributed by atoms with Gasteiger partial charge >= 0.3 is 0 Å². The van der Waals surface area contributed by atoms with Crippen LogP contribution in [0.2, 0.25) is 0 Å². The minimum Gasteiger partial charge on any atom is -0.394 e. The van der Waals surface area contributed by atoms with Gasteiger partial charge in [-0.25, -0.2) is 0 Å². The molecule has 0 amide bonds. The first-order valence-electron chi connectivity index (χ1n) is 15.1. The molecule has 4 aliphatic heterocycles. The van der Waals surface area contributed by atoms with Crippen LogP contribution < -0.4 is 0 Å². The van der Waals surface area contributed by atoms with Crippen LogP contribution in [0.5, 0.6) is 0 Å². The zero-order chi connectivity index (χ0) is 33.3. The molecule has 0 aromatic carbocycles. The van der Waals surface area contributed by atoms with E-state index in [4.69, 9.17) is 33.2 Å². The summed E-state index contributed by atoms with van der Waals surface area (Å²) in [6.07, 6.45) is -25.6. The Kier molecular flexibility index (Phi) is 12.9. The molecule has 18 heteroatoms. The summed E-state index contributed by atoms with van der Waals surface area (Å²) in [6.45, 7) is 2.32. The molecular weight excluding hydrogens is 612 g/mol. The molecule has 11 N–H and O–H groups in total. The van der Waals surface area contributed by atoms with E-state index < -0.39 is 137 Å².